The summed E-state index contributed by atoms with van der Waals surface area (Å²) in [4.78, 5) is 11.4. The number of carboxylic acids is 1. The van der Waals surface area contributed by atoms with Crippen molar-refractivity contribution in [1.82, 2.24) is 24.3 Å². The Morgan fingerprint density at radius 2 is 2.04 bits per heavy atom. The van der Waals surface area contributed by atoms with E-state index in [4.69, 9.17) is 0 Å². The van der Waals surface area contributed by atoms with Gasteiger partial charge in [0.05, 0.1) is 23.6 Å². The highest BCUT2D eigenvalue weighted by Crippen LogP contribution is 2.28. The predicted octanol–water partition coefficient (Wildman–Crippen LogP) is 0.205. The molecule has 0 fully saturated rings. The van der Waals surface area contributed by atoms with Crippen LogP contribution in [0.5, 0.6) is 0 Å². The summed E-state index contributed by atoms with van der Waals surface area (Å²) in [6, 6.07) is 0. The number of fused-ring (bicyclic) bond motifs is 1. The molecular formula is C13H17N5O4S. The maximum absolute atomic E-state index is 12.9. The molecule has 10 heteroatoms. The van der Waals surface area contributed by atoms with Crippen molar-refractivity contribution >= 4 is 16.0 Å². The smallest absolute Gasteiger partial charge is 0.356 e. The van der Waals surface area contributed by atoms with E-state index in [9.17, 15) is 18.3 Å². The minimum absolute atomic E-state index is 0.00443. The molecule has 3 heterocycles. The second kappa shape index (κ2) is 5.17. The van der Waals surface area contributed by atoms with Gasteiger partial charge in [-0.1, -0.05) is 0 Å². The van der Waals surface area contributed by atoms with Crippen LogP contribution in [0, 0.1) is 13.8 Å². The van der Waals surface area contributed by atoms with Crippen molar-refractivity contribution in [3.05, 3.63) is 28.3 Å². The number of rotatable bonds is 3. The number of hydrogen-bond donors (Lipinski definition) is 2. The third-order valence-electron chi connectivity index (χ3n) is 4.07. The minimum atomic E-state index is -3.70. The van der Waals surface area contributed by atoms with E-state index >= 15 is 0 Å². The number of hydrogen-bond acceptors (Lipinski definition) is 5. The lowest BCUT2D eigenvalue weighted by Crippen LogP contribution is -2.37. The molecule has 0 bridgehead atoms. The van der Waals surface area contributed by atoms with Gasteiger partial charge in [-0.2, -0.15) is 14.5 Å². The fraction of sp³-hybridized carbons (Fsp3) is 0.462. The lowest BCUT2D eigenvalue weighted by molar-refractivity contribution is 0.0688. The van der Waals surface area contributed by atoms with Crippen LogP contribution in [0.2, 0.25) is 0 Å². The average molecular weight is 339 g/mol. The third kappa shape index (κ3) is 2.34. The molecule has 3 rings (SSSR count). The first-order valence-electron chi connectivity index (χ1n) is 7.03. The number of nitrogens with zero attached hydrogens (tertiary/aromatic N) is 4. The quantitative estimate of drug-likeness (QED) is 0.824. The standard InChI is InChI=1S/C13H17N5O4S/c1-7-12(8(2)15-14-7)23(21,22)18-5-4-9-10(6-18)17(3)16-11(9)13(19)20/h4-6H2,1-3H3,(H,14,15)(H,19,20). The number of aryl methyl sites for hydroxylation is 3. The van der Waals surface area contributed by atoms with Crippen molar-refractivity contribution < 1.29 is 18.3 Å². The molecule has 2 N–H and O–H groups in total. The molecule has 0 saturated carbocycles. The normalized spacial score (nSPS) is 15.6. The molecule has 23 heavy (non-hydrogen) atoms. The first kappa shape index (κ1) is 15.7. The summed E-state index contributed by atoms with van der Waals surface area (Å²) in [7, 11) is -2.08. The SMILES string of the molecule is Cc1n[nH]c(C)c1S(=O)(=O)N1CCc2c(C(=O)O)nn(C)c2C1. The van der Waals surface area contributed by atoms with E-state index < -0.39 is 16.0 Å². The third-order valence-corrected chi connectivity index (χ3v) is 6.18. The van der Waals surface area contributed by atoms with Crippen LogP contribution >= 0.6 is 0 Å². The molecule has 0 aliphatic carbocycles. The first-order chi connectivity index (χ1) is 10.7. The maximum Gasteiger partial charge on any atom is 0.356 e. The fourth-order valence-corrected chi connectivity index (χ4v) is 4.71. The molecule has 0 radical (unpaired) electrons. The number of H-pyrrole nitrogens is 1. The van der Waals surface area contributed by atoms with Crippen LogP contribution in [0.1, 0.15) is 33.1 Å². The van der Waals surface area contributed by atoms with E-state index in [1.807, 2.05) is 0 Å². The van der Waals surface area contributed by atoms with Gasteiger partial charge in [-0.25, -0.2) is 13.2 Å². The van der Waals surface area contributed by atoms with Crippen LogP contribution in [-0.4, -0.2) is 50.3 Å². The fourth-order valence-electron chi connectivity index (χ4n) is 2.97. The molecular weight excluding hydrogens is 322 g/mol. The molecule has 9 nitrogen and oxygen atoms in total. The van der Waals surface area contributed by atoms with Gasteiger partial charge >= 0.3 is 5.97 Å². The molecule has 0 amide bonds. The lowest BCUT2D eigenvalue weighted by Gasteiger charge is -2.26. The predicted molar refractivity (Wildman–Crippen MR) is 79.5 cm³/mol. The van der Waals surface area contributed by atoms with Gasteiger partial charge in [-0.3, -0.25) is 9.78 Å². The van der Waals surface area contributed by atoms with Crippen LogP contribution < -0.4 is 0 Å². The number of nitrogens with one attached hydrogen (secondary N) is 1. The van der Waals surface area contributed by atoms with Gasteiger partial charge < -0.3 is 5.11 Å². The number of aromatic amines is 1. The topological polar surface area (TPSA) is 121 Å². The van der Waals surface area contributed by atoms with Crippen molar-refractivity contribution in [2.24, 2.45) is 7.05 Å². The molecule has 0 aromatic carbocycles. The molecule has 124 valence electrons. The van der Waals surface area contributed by atoms with E-state index in [2.05, 4.69) is 15.3 Å². The lowest BCUT2D eigenvalue weighted by atomic mass is 10.1. The van der Waals surface area contributed by atoms with Gasteiger partial charge in [-0.15, -0.1) is 0 Å². The van der Waals surface area contributed by atoms with Crippen molar-refractivity contribution in [2.75, 3.05) is 6.54 Å². The highest BCUT2D eigenvalue weighted by atomic mass is 32.2. The molecule has 1 aliphatic rings. The van der Waals surface area contributed by atoms with Crippen molar-refractivity contribution in [3.63, 3.8) is 0 Å². The Morgan fingerprint density at radius 1 is 1.35 bits per heavy atom. The molecule has 0 saturated heterocycles. The second-order valence-electron chi connectivity index (χ2n) is 5.55. The number of carboxylic acid groups (broad SMARTS) is 1. The monoisotopic (exact) mass is 339 g/mol. The Kier molecular flexibility index (Phi) is 3.52. The minimum Gasteiger partial charge on any atom is -0.476 e. The Balaban J connectivity index is 2.01. The van der Waals surface area contributed by atoms with Crippen LogP contribution in [0.3, 0.4) is 0 Å². The highest BCUT2D eigenvalue weighted by molar-refractivity contribution is 7.89. The van der Waals surface area contributed by atoms with Crippen LogP contribution in [-0.2, 0) is 30.0 Å². The molecule has 2 aromatic heterocycles. The van der Waals surface area contributed by atoms with Gasteiger partial charge in [0.2, 0.25) is 10.0 Å². The zero-order valence-corrected chi connectivity index (χ0v) is 13.8. The van der Waals surface area contributed by atoms with E-state index in [-0.39, 0.29) is 23.7 Å². The van der Waals surface area contributed by atoms with Crippen LogP contribution in [0.15, 0.2) is 4.90 Å². The van der Waals surface area contributed by atoms with E-state index in [0.29, 0.717) is 29.1 Å². The Labute approximate surface area is 133 Å². The maximum atomic E-state index is 12.9. The zero-order chi connectivity index (χ0) is 16.9. The number of aromatic nitrogens is 4. The van der Waals surface area contributed by atoms with Crippen molar-refractivity contribution in [2.45, 2.75) is 31.7 Å². The van der Waals surface area contributed by atoms with Gasteiger partial charge in [0.15, 0.2) is 5.69 Å². The van der Waals surface area contributed by atoms with E-state index in [1.165, 1.54) is 8.99 Å². The van der Waals surface area contributed by atoms with Crippen LogP contribution in [0.4, 0.5) is 0 Å². The Bertz CT molecular complexity index is 876. The highest BCUT2D eigenvalue weighted by Gasteiger charge is 2.35. The Hall–Kier alpha value is -2.20. The van der Waals surface area contributed by atoms with Crippen molar-refractivity contribution in [3.8, 4) is 0 Å². The van der Waals surface area contributed by atoms with Gasteiger partial charge in [0.25, 0.3) is 0 Å². The van der Waals surface area contributed by atoms with Gasteiger partial charge in [0, 0.05) is 19.2 Å². The number of sulfonamides is 1. The van der Waals surface area contributed by atoms with E-state index in [0.717, 1.165) is 0 Å². The summed E-state index contributed by atoms with van der Waals surface area (Å²) in [6.45, 7) is 3.61. The Morgan fingerprint density at radius 3 is 2.61 bits per heavy atom. The molecule has 1 aliphatic heterocycles. The largest absolute Gasteiger partial charge is 0.476 e. The summed E-state index contributed by atoms with van der Waals surface area (Å²) in [5.41, 5.74) is 2.12. The van der Waals surface area contributed by atoms with E-state index in [1.54, 1.807) is 20.9 Å². The average Bonchev–Trinajstić information content (AvgIpc) is 2.99. The summed E-state index contributed by atoms with van der Waals surface area (Å²) < 4.78 is 28.5. The summed E-state index contributed by atoms with van der Waals surface area (Å²) in [5.74, 6) is -1.10. The summed E-state index contributed by atoms with van der Waals surface area (Å²) in [6.07, 6.45) is 0.319. The molecule has 0 atom stereocenters. The van der Waals surface area contributed by atoms with Crippen molar-refractivity contribution in [1.29, 1.82) is 0 Å². The second-order valence-corrected chi connectivity index (χ2v) is 7.43. The molecule has 0 unspecified atom stereocenters. The number of aromatic carboxylic acids is 1. The van der Waals surface area contributed by atoms with Gasteiger partial charge in [-0.05, 0) is 20.3 Å². The summed E-state index contributed by atoms with van der Waals surface area (Å²) >= 11 is 0. The van der Waals surface area contributed by atoms with Crippen LogP contribution in [0.25, 0.3) is 0 Å². The van der Waals surface area contributed by atoms with Gasteiger partial charge in [0.1, 0.15) is 4.90 Å². The summed E-state index contributed by atoms with van der Waals surface area (Å²) in [5, 5.41) is 19.8. The molecule has 2 aromatic rings. The zero-order valence-electron chi connectivity index (χ0n) is 13.0. The first-order valence-corrected chi connectivity index (χ1v) is 8.47. The molecule has 0 spiro atoms. The number of carbonyl (C=O) groups is 1.